The first-order valence-electron chi connectivity index (χ1n) is 9.39. The van der Waals surface area contributed by atoms with Crippen molar-refractivity contribution in [1.82, 2.24) is 9.21 Å². The molecule has 2 aliphatic heterocycles. The maximum Gasteiger partial charge on any atom is 0.243 e. The van der Waals surface area contributed by atoms with E-state index >= 15 is 0 Å². The van der Waals surface area contributed by atoms with Crippen LogP contribution in [0.1, 0.15) is 37.5 Å². The van der Waals surface area contributed by atoms with Crippen molar-refractivity contribution < 1.29 is 17.9 Å². The number of aryl methyl sites for hydroxylation is 1. The Balaban J connectivity index is 2.07. The van der Waals surface area contributed by atoms with E-state index in [1.807, 2.05) is 13.8 Å². The van der Waals surface area contributed by atoms with Crippen molar-refractivity contribution in [1.29, 1.82) is 0 Å². The quantitative estimate of drug-likeness (QED) is 0.770. The molecule has 0 radical (unpaired) electrons. The van der Waals surface area contributed by atoms with E-state index in [-0.39, 0.29) is 37.1 Å². The van der Waals surface area contributed by atoms with E-state index < -0.39 is 15.9 Å². The molecule has 27 heavy (non-hydrogen) atoms. The van der Waals surface area contributed by atoms with Crippen LogP contribution in [-0.4, -0.2) is 62.9 Å². The fraction of sp³-hybridized carbons (Fsp3) is 0.650. The van der Waals surface area contributed by atoms with Gasteiger partial charge in [0.15, 0.2) is 0 Å². The van der Waals surface area contributed by atoms with Gasteiger partial charge in [0.05, 0.1) is 30.1 Å². The summed E-state index contributed by atoms with van der Waals surface area (Å²) in [6.07, 6.45) is 0. The fourth-order valence-electron chi connectivity index (χ4n) is 3.72. The van der Waals surface area contributed by atoms with E-state index in [0.717, 1.165) is 16.7 Å². The molecule has 150 valence electrons. The van der Waals surface area contributed by atoms with Gasteiger partial charge in [-0.25, -0.2) is 8.42 Å². The Kier molecular flexibility index (Phi) is 5.16. The van der Waals surface area contributed by atoms with Crippen LogP contribution >= 0.6 is 0 Å². The highest BCUT2D eigenvalue weighted by Gasteiger charge is 2.42. The molecule has 2 fully saturated rings. The summed E-state index contributed by atoms with van der Waals surface area (Å²) in [6.45, 7) is 11.1. The largest absolute Gasteiger partial charge is 0.378 e. The van der Waals surface area contributed by atoms with Crippen molar-refractivity contribution in [3.63, 3.8) is 0 Å². The minimum absolute atomic E-state index is 0.0356. The summed E-state index contributed by atoms with van der Waals surface area (Å²) in [5.41, 5.74) is 2.58. The van der Waals surface area contributed by atoms with E-state index in [0.29, 0.717) is 11.5 Å². The van der Waals surface area contributed by atoms with Crippen molar-refractivity contribution in [2.45, 2.75) is 51.0 Å². The lowest BCUT2D eigenvalue weighted by Crippen LogP contribution is -2.45. The molecule has 2 saturated heterocycles. The number of likely N-dealkylation sites (N-methyl/N-ethyl adjacent to an activating group) is 1. The van der Waals surface area contributed by atoms with Crippen LogP contribution in [0, 0.1) is 19.8 Å². The zero-order valence-electron chi connectivity index (χ0n) is 17.1. The van der Waals surface area contributed by atoms with Crippen LogP contribution in [0.4, 0.5) is 0 Å². The highest BCUT2D eigenvalue weighted by atomic mass is 32.2. The van der Waals surface area contributed by atoms with Crippen molar-refractivity contribution >= 4 is 15.9 Å². The van der Waals surface area contributed by atoms with Crippen molar-refractivity contribution in [2.24, 2.45) is 5.92 Å². The zero-order valence-corrected chi connectivity index (χ0v) is 17.9. The average molecular weight is 395 g/mol. The zero-order chi connectivity index (χ0) is 20.1. The molecule has 3 rings (SSSR count). The summed E-state index contributed by atoms with van der Waals surface area (Å²) in [5, 5.41) is 0. The molecule has 1 amide bonds. The van der Waals surface area contributed by atoms with Crippen molar-refractivity contribution in [3.8, 4) is 0 Å². The summed E-state index contributed by atoms with van der Waals surface area (Å²) >= 11 is 0. The number of ether oxygens (including phenoxy) is 1. The van der Waals surface area contributed by atoms with Gasteiger partial charge in [0.25, 0.3) is 0 Å². The number of hydrogen-bond acceptors (Lipinski definition) is 4. The number of carbonyl (C=O) groups excluding carboxylic acids is 1. The first-order chi connectivity index (χ1) is 12.4. The molecule has 7 heteroatoms. The molecule has 0 aliphatic carbocycles. The third-order valence-electron chi connectivity index (χ3n) is 5.82. The fourth-order valence-corrected chi connectivity index (χ4v) is 5.57. The second-order valence-electron chi connectivity index (χ2n) is 8.83. The SMILES string of the molecule is Cc1cc(C(C)(C)C)cc(S(=O)(=O)N2C[C@@H]3COC[C@H](C2)N(C)C3=O)c1C. The topological polar surface area (TPSA) is 66.9 Å². The first kappa shape index (κ1) is 20.3. The van der Waals surface area contributed by atoms with Gasteiger partial charge in [0.2, 0.25) is 15.9 Å². The van der Waals surface area contributed by atoms with Crippen molar-refractivity contribution in [3.05, 3.63) is 28.8 Å². The molecule has 0 aromatic heterocycles. The van der Waals surface area contributed by atoms with E-state index in [1.165, 1.54) is 4.31 Å². The normalized spacial score (nSPS) is 24.8. The predicted octanol–water partition coefficient (Wildman–Crippen LogP) is 2.08. The minimum atomic E-state index is -3.71. The Morgan fingerprint density at radius 1 is 1.11 bits per heavy atom. The van der Waals surface area contributed by atoms with Gasteiger partial charge in [0.1, 0.15) is 0 Å². The molecule has 2 aliphatic rings. The molecule has 0 saturated carbocycles. The average Bonchev–Trinajstić information content (AvgIpc) is 2.74. The van der Waals surface area contributed by atoms with Crippen LogP contribution in [0.15, 0.2) is 17.0 Å². The smallest absolute Gasteiger partial charge is 0.243 e. The van der Waals surface area contributed by atoms with Gasteiger partial charge in [-0.15, -0.1) is 0 Å². The summed E-state index contributed by atoms with van der Waals surface area (Å²) in [6, 6.07) is 3.61. The number of rotatable bonds is 2. The van der Waals surface area contributed by atoms with Crippen LogP contribution in [0.2, 0.25) is 0 Å². The van der Waals surface area contributed by atoms with Crippen LogP contribution in [0.25, 0.3) is 0 Å². The van der Waals surface area contributed by atoms with Crippen LogP contribution in [-0.2, 0) is 25.0 Å². The highest BCUT2D eigenvalue weighted by molar-refractivity contribution is 7.89. The summed E-state index contributed by atoms with van der Waals surface area (Å²) in [7, 11) is -1.97. The molecular weight excluding hydrogens is 364 g/mol. The molecule has 0 unspecified atom stereocenters. The lowest BCUT2D eigenvalue weighted by Gasteiger charge is -2.30. The number of sulfonamides is 1. The highest BCUT2D eigenvalue weighted by Crippen LogP contribution is 2.32. The molecule has 1 aromatic rings. The summed E-state index contributed by atoms with van der Waals surface area (Å²) in [5.74, 6) is -0.490. The Hall–Kier alpha value is -1.44. The Morgan fingerprint density at radius 3 is 2.41 bits per heavy atom. The number of benzene rings is 1. The molecule has 0 N–H and O–H groups in total. The lowest BCUT2D eigenvalue weighted by atomic mass is 9.85. The van der Waals surface area contributed by atoms with Gasteiger partial charge < -0.3 is 9.64 Å². The van der Waals surface area contributed by atoms with Crippen molar-refractivity contribution in [2.75, 3.05) is 33.4 Å². The second kappa shape index (κ2) is 6.87. The van der Waals surface area contributed by atoms with E-state index in [9.17, 15) is 13.2 Å². The van der Waals surface area contributed by atoms with E-state index in [4.69, 9.17) is 4.74 Å². The number of carbonyl (C=O) groups is 1. The second-order valence-corrected chi connectivity index (χ2v) is 10.7. The van der Waals surface area contributed by atoms with Gasteiger partial charge >= 0.3 is 0 Å². The summed E-state index contributed by atoms with van der Waals surface area (Å²) in [4.78, 5) is 14.6. The molecule has 2 bridgehead atoms. The molecular formula is C20H30N2O4S. The van der Waals surface area contributed by atoms with Crippen LogP contribution < -0.4 is 0 Å². The molecule has 1 aromatic carbocycles. The van der Waals surface area contributed by atoms with Crippen LogP contribution in [0.5, 0.6) is 0 Å². The van der Waals surface area contributed by atoms with Gasteiger partial charge in [-0.1, -0.05) is 26.8 Å². The maximum atomic E-state index is 13.6. The van der Waals surface area contributed by atoms with Gasteiger partial charge in [-0.05, 0) is 42.0 Å². The molecule has 0 spiro atoms. The number of nitrogens with zero attached hydrogens (tertiary/aromatic N) is 2. The van der Waals surface area contributed by atoms with Crippen LogP contribution in [0.3, 0.4) is 0 Å². The maximum absolute atomic E-state index is 13.6. The number of amides is 1. The standard InChI is InChI=1S/C20H30N2O4S/c1-13-7-16(20(3,4)5)8-18(14(13)2)27(24,25)22-9-15-11-26-12-17(10-22)21(6)19(15)23/h7-8,15,17H,9-12H2,1-6H3/t15-,17+/m1/s1. The van der Waals surface area contributed by atoms with E-state index in [1.54, 1.807) is 18.0 Å². The summed E-state index contributed by atoms with van der Waals surface area (Å²) < 4.78 is 34.3. The van der Waals surface area contributed by atoms with E-state index in [2.05, 4.69) is 26.8 Å². The monoisotopic (exact) mass is 394 g/mol. The third-order valence-corrected chi connectivity index (χ3v) is 7.77. The molecule has 2 heterocycles. The number of fused-ring (bicyclic) bond motifs is 3. The Morgan fingerprint density at radius 2 is 1.78 bits per heavy atom. The molecule has 6 nitrogen and oxygen atoms in total. The first-order valence-corrected chi connectivity index (χ1v) is 10.8. The van der Waals surface area contributed by atoms with Gasteiger partial charge in [0, 0.05) is 20.1 Å². The Labute approximate surface area is 162 Å². The third kappa shape index (κ3) is 3.65. The predicted molar refractivity (Wildman–Crippen MR) is 104 cm³/mol. The minimum Gasteiger partial charge on any atom is -0.378 e. The van der Waals surface area contributed by atoms with Gasteiger partial charge in [-0.3, -0.25) is 4.79 Å². The Bertz CT molecular complexity index is 857. The lowest BCUT2D eigenvalue weighted by molar-refractivity contribution is -0.133. The number of hydrogen-bond donors (Lipinski definition) is 0. The molecule has 2 atom stereocenters. The van der Waals surface area contributed by atoms with Gasteiger partial charge in [-0.2, -0.15) is 4.31 Å².